The van der Waals surface area contributed by atoms with E-state index in [4.69, 9.17) is 0 Å². The number of rotatable bonds is 0. The van der Waals surface area contributed by atoms with Gasteiger partial charge in [0.2, 0.25) is 0 Å². The Bertz CT molecular complexity index is 383. The molecule has 2 N–H and O–H groups in total. The van der Waals surface area contributed by atoms with Crippen molar-refractivity contribution in [3.63, 3.8) is 0 Å². The van der Waals surface area contributed by atoms with Gasteiger partial charge < -0.3 is 10.5 Å². The molecule has 2 rings (SSSR count). The van der Waals surface area contributed by atoms with Gasteiger partial charge in [0.25, 0.3) is 0 Å². The molecule has 3 nitrogen and oxygen atoms in total. The summed E-state index contributed by atoms with van der Waals surface area (Å²) in [6, 6.07) is 5.40. The molecule has 0 aromatic heterocycles. The molecule has 0 spiro atoms. The van der Waals surface area contributed by atoms with E-state index >= 15 is 0 Å². The first-order valence-electron chi connectivity index (χ1n) is 4.69. The number of nitrogens with zero attached hydrogens (tertiary/aromatic N) is 1. The molecular formula is C11H14N2O. The number of benzene rings is 1. The zero-order valence-electron chi connectivity index (χ0n) is 8.41. The van der Waals surface area contributed by atoms with Crippen molar-refractivity contribution in [3.8, 4) is 5.75 Å². The Morgan fingerprint density at radius 2 is 2.21 bits per heavy atom. The van der Waals surface area contributed by atoms with E-state index in [0.29, 0.717) is 0 Å². The second-order valence-corrected chi connectivity index (χ2v) is 4.31. The van der Waals surface area contributed by atoms with Crippen molar-refractivity contribution in [2.75, 3.05) is 0 Å². The molecule has 0 radical (unpaired) electrons. The average molecular weight is 190 g/mol. The van der Waals surface area contributed by atoms with Gasteiger partial charge in [0.15, 0.2) is 0 Å². The third-order valence-corrected chi connectivity index (χ3v) is 2.33. The molecule has 1 aromatic carbocycles. The maximum absolute atomic E-state index is 9.33. The molecule has 1 aliphatic rings. The van der Waals surface area contributed by atoms with Crippen LogP contribution < -0.4 is 5.43 Å². The molecule has 1 heterocycles. The summed E-state index contributed by atoms with van der Waals surface area (Å²) in [6.45, 7) is 4.21. The van der Waals surface area contributed by atoms with Crippen LogP contribution in [0.15, 0.2) is 23.3 Å². The molecule has 1 aromatic rings. The molecule has 74 valence electrons. The van der Waals surface area contributed by atoms with Crippen LogP contribution in [0.25, 0.3) is 0 Å². The molecule has 0 saturated heterocycles. The summed E-state index contributed by atoms with van der Waals surface area (Å²) in [7, 11) is 0. The van der Waals surface area contributed by atoms with E-state index in [9.17, 15) is 5.11 Å². The summed E-state index contributed by atoms with van der Waals surface area (Å²) in [5, 5.41) is 13.4. The molecule has 0 fully saturated rings. The second kappa shape index (κ2) is 3.01. The van der Waals surface area contributed by atoms with E-state index in [1.165, 1.54) is 5.56 Å². The second-order valence-electron chi connectivity index (χ2n) is 4.31. The van der Waals surface area contributed by atoms with Gasteiger partial charge in [-0.3, -0.25) is 0 Å². The lowest BCUT2D eigenvalue weighted by Crippen LogP contribution is -2.36. The number of phenols is 1. The van der Waals surface area contributed by atoms with Gasteiger partial charge in [0, 0.05) is 5.56 Å². The molecule has 3 heteroatoms. The van der Waals surface area contributed by atoms with Gasteiger partial charge in [-0.1, -0.05) is 6.07 Å². The summed E-state index contributed by atoms with van der Waals surface area (Å²) < 4.78 is 0. The van der Waals surface area contributed by atoms with Crippen molar-refractivity contribution in [3.05, 3.63) is 29.3 Å². The van der Waals surface area contributed by atoms with E-state index in [0.717, 1.165) is 12.0 Å². The van der Waals surface area contributed by atoms with Crippen molar-refractivity contribution in [2.24, 2.45) is 5.10 Å². The highest BCUT2D eigenvalue weighted by Gasteiger charge is 2.20. The summed E-state index contributed by atoms with van der Waals surface area (Å²) >= 11 is 0. The predicted molar refractivity (Wildman–Crippen MR) is 56.6 cm³/mol. The first kappa shape index (κ1) is 9.06. The Labute approximate surface area is 83.5 Å². The van der Waals surface area contributed by atoms with Gasteiger partial charge in [-0.2, -0.15) is 5.10 Å². The quantitative estimate of drug-likeness (QED) is 0.653. The third-order valence-electron chi connectivity index (χ3n) is 2.33. The Kier molecular flexibility index (Phi) is 1.95. The van der Waals surface area contributed by atoms with Crippen LogP contribution in [0.5, 0.6) is 5.75 Å². The van der Waals surface area contributed by atoms with Crippen molar-refractivity contribution < 1.29 is 5.11 Å². The Balaban J connectivity index is 2.45. The van der Waals surface area contributed by atoms with Crippen LogP contribution >= 0.6 is 0 Å². The van der Waals surface area contributed by atoms with Gasteiger partial charge in [-0.25, -0.2) is 0 Å². The van der Waals surface area contributed by atoms with E-state index in [1.807, 2.05) is 6.07 Å². The zero-order valence-corrected chi connectivity index (χ0v) is 8.41. The number of phenolic OH excluding ortho intramolecular Hbond substituents is 1. The van der Waals surface area contributed by atoms with Crippen LogP contribution in [0.2, 0.25) is 0 Å². The van der Waals surface area contributed by atoms with Crippen molar-refractivity contribution in [2.45, 2.75) is 25.8 Å². The van der Waals surface area contributed by atoms with Crippen molar-refractivity contribution >= 4 is 6.21 Å². The molecule has 0 bridgehead atoms. The van der Waals surface area contributed by atoms with Gasteiger partial charge in [0.05, 0.1) is 11.8 Å². The minimum absolute atomic E-state index is 0.0290. The maximum atomic E-state index is 9.33. The molecule has 0 saturated carbocycles. The molecular weight excluding hydrogens is 176 g/mol. The lowest BCUT2D eigenvalue weighted by molar-refractivity contribution is 0.402. The standard InChI is InChI=1S/C11H14N2O/c1-11(2)6-8-3-4-10(14)5-9(8)7-12-13-11/h3-5,7,13-14H,6H2,1-2H3. The Morgan fingerprint density at radius 1 is 1.43 bits per heavy atom. The van der Waals surface area contributed by atoms with Crippen LogP contribution in [-0.4, -0.2) is 16.9 Å². The van der Waals surface area contributed by atoms with Crippen LogP contribution in [0.4, 0.5) is 0 Å². The Morgan fingerprint density at radius 3 is 3.00 bits per heavy atom. The Hall–Kier alpha value is -1.51. The van der Waals surface area contributed by atoms with Crippen molar-refractivity contribution in [1.82, 2.24) is 5.43 Å². The fourth-order valence-corrected chi connectivity index (χ4v) is 1.66. The molecule has 0 amide bonds. The number of hydrazone groups is 1. The first-order valence-corrected chi connectivity index (χ1v) is 4.69. The predicted octanol–water partition coefficient (Wildman–Crippen LogP) is 1.65. The minimum atomic E-state index is -0.0290. The summed E-state index contributed by atoms with van der Waals surface area (Å²) in [5.41, 5.74) is 5.24. The van der Waals surface area contributed by atoms with Gasteiger partial charge >= 0.3 is 0 Å². The van der Waals surface area contributed by atoms with Crippen LogP contribution in [0.1, 0.15) is 25.0 Å². The lowest BCUT2D eigenvalue weighted by atomic mass is 9.93. The summed E-state index contributed by atoms with van der Waals surface area (Å²) in [5.74, 6) is 0.287. The minimum Gasteiger partial charge on any atom is -0.508 e. The molecule has 1 aliphatic heterocycles. The summed E-state index contributed by atoms with van der Waals surface area (Å²) in [6.07, 6.45) is 2.66. The van der Waals surface area contributed by atoms with Crippen LogP contribution in [0.3, 0.4) is 0 Å². The molecule has 0 atom stereocenters. The van der Waals surface area contributed by atoms with E-state index in [2.05, 4.69) is 24.4 Å². The van der Waals surface area contributed by atoms with E-state index in [1.54, 1.807) is 18.3 Å². The molecule has 14 heavy (non-hydrogen) atoms. The fourth-order valence-electron chi connectivity index (χ4n) is 1.66. The summed E-state index contributed by atoms with van der Waals surface area (Å²) in [4.78, 5) is 0. The number of aromatic hydroxyl groups is 1. The van der Waals surface area contributed by atoms with Crippen LogP contribution in [0, 0.1) is 0 Å². The fraction of sp³-hybridized carbons (Fsp3) is 0.364. The van der Waals surface area contributed by atoms with E-state index in [-0.39, 0.29) is 11.3 Å². The zero-order chi connectivity index (χ0) is 10.2. The van der Waals surface area contributed by atoms with E-state index < -0.39 is 0 Å². The highest BCUT2D eigenvalue weighted by molar-refractivity contribution is 5.82. The number of fused-ring (bicyclic) bond motifs is 1. The van der Waals surface area contributed by atoms with Gasteiger partial charge in [-0.15, -0.1) is 0 Å². The average Bonchev–Trinajstić information content (AvgIpc) is 2.22. The largest absolute Gasteiger partial charge is 0.508 e. The van der Waals surface area contributed by atoms with Crippen molar-refractivity contribution in [1.29, 1.82) is 0 Å². The molecule has 0 aliphatic carbocycles. The lowest BCUT2D eigenvalue weighted by Gasteiger charge is -2.22. The maximum Gasteiger partial charge on any atom is 0.116 e. The van der Waals surface area contributed by atoms with Gasteiger partial charge in [0.1, 0.15) is 5.75 Å². The first-order chi connectivity index (χ1) is 6.57. The highest BCUT2D eigenvalue weighted by Crippen LogP contribution is 2.21. The third kappa shape index (κ3) is 1.71. The highest BCUT2D eigenvalue weighted by atomic mass is 16.3. The topological polar surface area (TPSA) is 44.6 Å². The smallest absolute Gasteiger partial charge is 0.116 e. The van der Waals surface area contributed by atoms with Gasteiger partial charge in [-0.05, 0) is 38.0 Å². The molecule has 0 unspecified atom stereocenters. The number of nitrogens with one attached hydrogen (secondary N) is 1. The van der Waals surface area contributed by atoms with Crippen LogP contribution in [-0.2, 0) is 6.42 Å². The normalized spacial score (nSPS) is 18.1. The number of hydrogen-bond donors (Lipinski definition) is 2. The SMILES string of the molecule is CC1(C)Cc2ccc(O)cc2C=NN1. The number of hydrogen-bond acceptors (Lipinski definition) is 3. The monoisotopic (exact) mass is 190 g/mol.